The zero-order valence-electron chi connectivity index (χ0n) is 16.6. The molecule has 1 aliphatic rings. The Balaban J connectivity index is 1.94. The SMILES string of the molecule is C=C[C@H](C1CCCCC1)N(SNS(=O)(=O)c1ccccc1)S(=O)(=O)c1ccccc1. The summed E-state index contributed by atoms with van der Waals surface area (Å²) in [4.78, 5) is 0.182. The first-order chi connectivity index (χ1) is 14.4. The van der Waals surface area contributed by atoms with Crippen molar-refractivity contribution >= 4 is 32.2 Å². The molecule has 0 spiro atoms. The molecular weight excluding hydrogens is 440 g/mol. The van der Waals surface area contributed by atoms with Crippen LogP contribution in [0.2, 0.25) is 0 Å². The van der Waals surface area contributed by atoms with Gasteiger partial charge in [0.2, 0.25) is 0 Å². The lowest BCUT2D eigenvalue weighted by Crippen LogP contribution is -2.42. The van der Waals surface area contributed by atoms with Crippen LogP contribution in [0.5, 0.6) is 0 Å². The first kappa shape index (κ1) is 23.0. The van der Waals surface area contributed by atoms with E-state index >= 15 is 0 Å². The Morgan fingerprint density at radius 3 is 1.97 bits per heavy atom. The summed E-state index contributed by atoms with van der Waals surface area (Å²) in [5.74, 6) is 0.0865. The molecule has 0 amide bonds. The molecule has 162 valence electrons. The quantitative estimate of drug-likeness (QED) is 0.439. The van der Waals surface area contributed by atoms with Gasteiger partial charge >= 0.3 is 0 Å². The van der Waals surface area contributed by atoms with Crippen LogP contribution in [0.1, 0.15) is 32.1 Å². The first-order valence-electron chi connectivity index (χ1n) is 9.82. The predicted octanol–water partition coefficient (Wildman–Crippen LogP) is 4.35. The van der Waals surface area contributed by atoms with Crippen LogP contribution in [-0.2, 0) is 20.0 Å². The maximum atomic E-state index is 13.5. The van der Waals surface area contributed by atoms with Crippen LogP contribution in [0.3, 0.4) is 0 Å². The van der Waals surface area contributed by atoms with Crippen LogP contribution < -0.4 is 4.13 Å². The fourth-order valence-electron chi connectivity index (χ4n) is 3.63. The van der Waals surface area contributed by atoms with Gasteiger partial charge in [-0.15, -0.1) is 14.4 Å². The molecule has 1 aliphatic carbocycles. The second kappa shape index (κ2) is 10.1. The van der Waals surface area contributed by atoms with Crippen molar-refractivity contribution in [3.63, 3.8) is 0 Å². The van der Waals surface area contributed by atoms with Crippen LogP contribution in [0.25, 0.3) is 0 Å². The molecule has 9 heteroatoms. The summed E-state index contributed by atoms with van der Waals surface area (Å²) < 4.78 is 55.9. The lowest BCUT2D eigenvalue weighted by atomic mass is 9.84. The molecule has 2 aromatic rings. The Bertz CT molecular complexity index is 1040. The summed E-state index contributed by atoms with van der Waals surface area (Å²) in [5, 5.41) is 0. The maximum Gasteiger partial charge on any atom is 0.253 e. The molecule has 2 aromatic carbocycles. The highest BCUT2D eigenvalue weighted by Crippen LogP contribution is 2.35. The van der Waals surface area contributed by atoms with E-state index in [4.69, 9.17) is 0 Å². The molecular formula is C21H26N2O4S3. The molecule has 0 unspecified atom stereocenters. The van der Waals surface area contributed by atoms with Gasteiger partial charge in [-0.1, -0.05) is 61.7 Å². The van der Waals surface area contributed by atoms with E-state index in [1.54, 1.807) is 42.5 Å². The molecule has 6 nitrogen and oxygen atoms in total. The van der Waals surface area contributed by atoms with E-state index in [1.165, 1.54) is 24.3 Å². The van der Waals surface area contributed by atoms with Crippen LogP contribution in [0.4, 0.5) is 0 Å². The number of sulfonamides is 2. The number of rotatable bonds is 9. The number of nitrogens with one attached hydrogen (secondary N) is 1. The Labute approximate surface area is 183 Å². The molecule has 3 rings (SSSR count). The van der Waals surface area contributed by atoms with Gasteiger partial charge in [-0.3, -0.25) is 0 Å². The second-order valence-electron chi connectivity index (χ2n) is 7.19. The van der Waals surface area contributed by atoms with Crippen molar-refractivity contribution in [3.05, 3.63) is 73.3 Å². The minimum Gasteiger partial charge on any atom is -0.206 e. The molecule has 0 saturated heterocycles. The number of nitrogens with zero attached hydrogens (tertiary/aromatic N) is 1. The predicted molar refractivity (Wildman–Crippen MR) is 120 cm³/mol. The van der Waals surface area contributed by atoms with Crippen molar-refractivity contribution in [1.29, 1.82) is 0 Å². The van der Waals surface area contributed by atoms with Crippen LogP contribution >= 0.6 is 12.1 Å². The Morgan fingerprint density at radius 2 is 1.43 bits per heavy atom. The highest BCUT2D eigenvalue weighted by atomic mass is 32.3. The normalized spacial score (nSPS) is 17.0. The smallest absolute Gasteiger partial charge is 0.206 e. The summed E-state index contributed by atoms with van der Waals surface area (Å²) in [7, 11) is -7.87. The molecule has 0 aromatic heterocycles. The standard InChI is InChI=1S/C21H26N2O4S3/c1-2-21(18-12-6-3-7-13-18)23(30(26,27)20-16-10-5-11-17-20)28-22-29(24,25)19-14-8-4-9-15-19/h2,4-5,8-11,14-18,21-22H,1,3,6-7,12-13H2/t21-/m1/s1. The second-order valence-corrected chi connectivity index (χ2v) is 12.0. The Morgan fingerprint density at radius 1 is 0.900 bits per heavy atom. The summed E-state index contributed by atoms with van der Waals surface area (Å²) in [6, 6.07) is 15.4. The van der Waals surface area contributed by atoms with Crippen LogP contribution in [-0.4, -0.2) is 26.6 Å². The fraction of sp³-hybridized carbons (Fsp3) is 0.333. The van der Waals surface area contributed by atoms with Crippen LogP contribution in [0, 0.1) is 5.92 Å². The van der Waals surface area contributed by atoms with Gasteiger partial charge in [0.25, 0.3) is 20.0 Å². The summed E-state index contributed by atoms with van der Waals surface area (Å²) in [5.41, 5.74) is 0. The minimum absolute atomic E-state index is 0.0716. The first-order valence-corrected chi connectivity index (χ1v) is 13.5. The highest BCUT2D eigenvalue weighted by Gasteiger charge is 2.37. The van der Waals surface area contributed by atoms with E-state index in [0.717, 1.165) is 35.8 Å². The average molecular weight is 467 g/mol. The van der Waals surface area contributed by atoms with Gasteiger partial charge in [-0.25, -0.2) is 16.8 Å². The number of hydrogen-bond acceptors (Lipinski definition) is 5. The van der Waals surface area contributed by atoms with Crippen molar-refractivity contribution in [2.24, 2.45) is 5.92 Å². The van der Waals surface area contributed by atoms with E-state index in [-0.39, 0.29) is 15.7 Å². The third-order valence-corrected chi connectivity index (χ3v) is 10.1. The summed E-state index contributed by atoms with van der Waals surface area (Å²) in [6.45, 7) is 3.87. The monoisotopic (exact) mass is 466 g/mol. The lowest BCUT2D eigenvalue weighted by Gasteiger charge is -2.35. The molecule has 1 atom stereocenters. The van der Waals surface area contributed by atoms with E-state index in [9.17, 15) is 16.8 Å². The zero-order chi connectivity index (χ0) is 21.6. The summed E-state index contributed by atoms with van der Waals surface area (Å²) in [6.07, 6.45) is 6.54. The minimum atomic E-state index is -3.97. The van der Waals surface area contributed by atoms with Gasteiger partial charge < -0.3 is 0 Å². The molecule has 1 fully saturated rings. The third-order valence-electron chi connectivity index (χ3n) is 5.19. The van der Waals surface area contributed by atoms with Crippen molar-refractivity contribution in [3.8, 4) is 0 Å². The summed E-state index contributed by atoms with van der Waals surface area (Å²) >= 11 is 0.588. The molecule has 30 heavy (non-hydrogen) atoms. The molecule has 0 heterocycles. The van der Waals surface area contributed by atoms with E-state index < -0.39 is 26.1 Å². The van der Waals surface area contributed by atoms with E-state index in [2.05, 4.69) is 10.7 Å². The van der Waals surface area contributed by atoms with Crippen molar-refractivity contribution in [2.75, 3.05) is 0 Å². The lowest BCUT2D eigenvalue weighted by molar-refractivity contribution is 0.284. The topological polar surface area (TPSA) is 83.6 Å². The van der Waals surface area contributed by atoms with E-state index in [0.29, 0.717) is 12.1 Å². The molecule has 0 aliphatic heterocycles. The van der Waals surface area contributed by atoms with Gasteiger partial charge in [0, 0.05) is 12.1 Å². The van der Waals surface area contributed by atoms with Gasteiger partial charge in [-0.2, -0.15) is 0 Å². The average Bonchev–Trinajstić information content (AvgIpc) is 2.78. The maximum absolute atomic E-state index is 13.5. The van der Waals surface area contributed by atoms with Crippen molar-refractivity contribution < 1.29 is 16.8 Å². The molecule has 0 bridgehead atoms. The van der Waals surface area contributed by atoms with Gasteiger partial charge in [-0.05, 0) is 43.0 Å². The van der Waals surface area contributed by atoms with E-state index in [1.807, 2.05) is 0 Å². The van der Waals surface area contributed by atoms with Crippen molar-refractivity contribution in [2.45, 2.75) is 47.9 Å². The van der Waals surface area contributed by atoms with Gasteiger partial charge in [0.15, 0.2) is 0 Å². The van der Waals surface area contributed by atoms with Crippen LogP contribution in [0.15, 0.2) is 83.1 Å². The molecule has 1 N–H and O–H groups in total. The number of benzene rings is 2. The largest absolute Gasteiger partial charge is 0.253 e. The highest BCUT2D eigenvalue weighted by molar-refractivity contribution is 8.13. The van der Waals surface area contributed by atoms with Gasteiger partial charge in [0.05, 0.1) is 15.8 Å². The van der Waals surface area contributed by atoms with Gasteiger partial charge in [0.1, 0.15) is 0 Å². The van der Waals surface area contributed by atoms with Crippen molar-refractivity contribution in [1.82, 2.24) is 7.84 Å². The molecule has 1 saturated carbocycles. The number of hydrogen-bond donors (Lipinski definition) is 1. The fourth-order valence-corrected chi connectivity index (χ4v) is 7.81. The Kier molecular flexibility index (Phi) is 7.75. The third kappa shape index (κ3) is 5.33. The Hall–Kier alpha value is -1.65. The zero-order valence-corrected chi connectivity index (χ0v) is 19.0. The molecule has 0 radical (unpaired) electrons.